The molecular formula is C57H50N3OPt-. The molecule has 0 aliphatic rings. The molecular weight excluding hydrogens is 938 g/mol. The second-order valence-corrected chi connectivity index (χ2v) is 16.6. The molecule has 0 aliphatic heterocycles. The minimum atomic E-state index is -0.880. The molecule has 0 radical (unpaired) electrons. The van der Waals surface area contributed by atoms with Gasteiger partial charge in [-0.05, 0) is 113 Å². The molecule has 4 nitrogen and oxygen atoms in total. The standard InChI is InChI=1S/C57H50N3O.Pt/c1-35(2)48-15-11-16-49(36(3)4)54(48)42-23-25-47(26-24-42)60-53-18-12-17-50(55(53)59-57(60)51-30-38(6)29-39(7)56(51)61)45-31-44(40-13-9-8-10-14-40)32-46(33-45)52-34-43(27-28-58-52)41-21-19-37(5)20-22-41;/h8-32,34-36,61H,1-7H3;/q-1;/i35D,36D;. The zero-order valence-corrected chi connectivity index (χ0v) is 38.4. The van der Waals surface area contributed by atoms with Gasteiger partial charge in [0.2, 0.25) is 0 Å². The molecule has 0 saturated carbocycles. The van der Waals surface area contributed by atoms with Crippen molar-refractivity contribution in [3.05, 3.63) is 192 Å². The number of pyridine rings is 1. The van der Waals surface area contributed by atoms with Crippen molar-refractivity contribution in [3.63, 3.8) is 0 Å². The molecule has 0 amide bonds. The van der Waals surface area contributed by atoms with Crippen LogP contribution in [0.1, 0.15) is 70.0 Å². The molecule has 0 saturated heterocycles. The van der Waals surface area contributed by atoms with Gasteiger partial charge in [-0.25, -0.2) is 4.98 Å². The summed E-state index contributed by atoms with van der Waals surface area (Å²) >= 11 is 0. The van der Waals surface area contributed by atoms with Gasteiger partial charge in [0.05, 0.1) is 16.6 Å². The predicted octanol–water partition coefficient (Wildman–Crippen LogP) is 15.1. The molecule has 2 heterocycles. The molecule has 0 spiro atoms. The number of benzene rings is 7. The molecule has 5 heteroatoms. The topological polar surface area (TPSA) is 50.9 Å². The zero-order valence-electron chi connectivity index (χ0n) is 38.1. The molecule has 62 heavy (non-hydrogen) atoms. The van der Waals surface area contributed by atoms with Crippen molar-refractivity contribution in [2.24, 2.45) is 0 Å². The number of hydrogen-bond acceptors (Lipinski definition) is 3. The predicted molar refractivity (Wildman–Crippen MR) is 254 cm³/mol. The Labute approximate surface area is 383 Å². The SMILES string of the molecule is [2H]C(C)(C)c1cccc(C([2H])(C)C)c1-c1ccc(-n2c(-c3cc(C)cc(C)c3O)nc3c(-c4[c-]c(-c5cc(-c6ccc(C)cc6)ccn5)cc(-c5ccccc5)c4)cccc32)cc1.[Pt]. The van der Waals surface area contributed by atoms with E-state index in [2.05, 4.69) is 127 Å². The van der Waals surface area contributed by atoms with Crippen molar-refractivity contribution < 1.29 is 28.9 Å². The van der Waals surface area contributed by atoms with Crippen LogP contribution in [0.3, 0.4) is 0 Å². The van der Waals surface area contributed by atoms with E-state index in [1.165, 1.54) is 5.56 Å². The van der Waals surface area contributed by atoms with E-state index in [4.69, 9.17) is 12.7 Å². The second-order valence-electron chi connectivity index (χ2n) is 16.6. The second kappa shape index (κ2) is 17.6. The van der Waals surface area contributed by atoms with E-state index in [9.17, 15) is 5.11 Å². The van der Waals surface area contributed by atoms with E-state index < -0.39 is 11.8 Å². The minimum Gasteiger partial charge on any atom is -0.507 e. The number of nitrogens with zero attached hydrogens (tertiary/aromatic N) is 3. The van der Waals surface area contributed by atoms with Crippen molar-refractivity contribution in [2.75, 3.05) is 0 Å². The summed E-state index contributed by atoms with van der Waals surface area (Å²) in [7, 11) is 0. The third-order valence-corrected chi connectivity index (χ3v) is 11.6. The van der Waals surface area contributed by atoms with Crippen LogP contribution in [0.5, 0.6) is 5.75 Å². The number of rotatable bonds is 9. The maximum Gasteiger partial charge on any atom is 0.148 e. The molecule has 0 aliphatic carbocycles. The van der Waals surface area contributed by atoms with Crippen molar-refractivity contribution in [1.29, 1.82) is 0 Å². The molecule has 2 aromatic heterocycles. The Morgan fingerprint density at radius 1 is 0.581 bits per heavy atom. The third-order valence-electron chi connectivity index (χ3n) is 11.6. The molecule has 0 fully saturated rings. The van der Waals surface area contributed by atoms with Crippen molar-refractivity contribution >= 4 is 11.0 Å². The number of aromatic nitrogens is 3. The first-order valence-corrected chi connectivity index (χ1v) is 20.9. The molecule has 7 aromatic carbocycles. The number of phenolic OH excluding ortho intramolecular Hbond substituents is 1. The number of phenols is 1. The van der Waals surface area contributed by atoms with Crippen molar-refractivity contribution in [2.45, 2.75) is 60.3 Å². The van der Waals surface area contributed by atoms with Gasteiger partial charge < -0.3 is 5.11 Å². The van der Waals surface area contributed by atoms with Gasteiger partial charge in [-0.2, -0.15) is 0 Å². The number of para-hydroxylation sites is 1. The van der Waals surface area contributed by atoms with Crippen LogP contribution in [0.2, 0.25) is 0 Å². The number of hydrogen-bond donors (Lipinski definition) is 1. The Hall–Kier alpha value is -6.35. The normalized spacial score (nSPS) is 12.2. The summed E-state index contributed by atoms with van der Waals surface area (Å²) in [5, 5.41) is 11.7. The number of imidazole rings is 1. The molecule has 0 bridgehead atoms. The van der Waals surface area contributed by atoms with E-state index in [-0.39, 0.29) is 26.8 Å². The quantitative estimate of drug-likeness (QED) is 0.147. The largest absolute Gasteiger partial charge is 0.507 e. The van der Waals surface area contributed by atoms with Crippen LogP contribution in [-0.4, -0.2) is 19.6 Å². The monoisotopic (exact) mass is 989 g/mol. The van der Waals surface area contributed by atoms with Gasteiger partial charge in [-0.3, -0.25) is 9.55 Å². The smallest absolute Gasteiger partial charge is 0.148 e. The molecule has 0 unspecified atom stereocenters. The van der Waals surface area contributed by atoms with Crippen LogP contribution in [-0.2, 0) is 21.1 Å². The zero-order chi connectivity index (χ0) is 44.2. The Morgan fingerprint density at radius 2 is 1.23 bits per heavy atom. The molecule has 310 valence electrons. The van der Waals surface area contributed by atoms with E-state index >= 15 is 0 Å². The molecule has 0 atom stereocenters. The Morgan fingerprint density at radius 3 is 1.92 bits per heavy atom. The molecule has 1 N–H and O–H groups in total. The van der Waals surface area contributed by atoms with Crippen LogP contribution in [0, 0.1) is 26.8 Å². The summed E-state index contributed by atoms with van der Waals surface area (Å²) in [4.78, 5) is 10.3. The first kappa shape index (κ1) is 39.8. The fourth-order valence-electron chi connectivity index (χ4n) is 8.52. The van der Waals surface area contributed by atoms with Gasteiger partial charge >= 0.3 is 0 Å². The van der Waals surface area contributed by atoms with Crippen molar-refractivity contribution in [1.82, 2.24) is 14.5 Å². The molecule has 9 aromatic rings. The summed E-state index contributed by atoms with van der Waals surface area (Å²) in [6.07, 6.45) is 1.87. The fourth-order valence-corrected chi connectivity index (χ4v) is 8.52. The number of aromatic hydroxyl groups is 1. The van der Waals surface area contributed by atoms with E-state index in [0.29, 0.717) is 11.4 Å². The van der Waals surface area contributed by atoms with E-state index in [0.717, 1.165) is 94.7 Å². The number of fused-ring (bicyclic) bond motifs is 1. The maximum absolute atomic E-state index is 11.7. The van der Waals surface area contributed by atoms with Gasteiger partial charge in [0.25, 0.3) is 0 Å². The summed E-state index contributed by atoms with van der Waals surface area (Å²) in [5.74, 6) is -0.964. The third kappa shape index (κ3) is 8.08. The summed E-state index contributed by atoms with van der Waals surface area (Å²) in [6.45, 7) is 13.6. The van der Waals surface area contributed by atoms with E-state index in [1.807, 2.05) is 90.2 Å². The van der Waals surface area contributed by atoms with Gasteiger partial charge in [-0.15, -0.1) is 23.8 Å². The first-order valence-electron chi connectivity index (χ1n) is 21.9. The average Bonchev–Trinajstić information content (AvgIpc) is 3.67. The van der Waals surface area contributed by atoms with E-state index in [1.54, 1.807) is 0 Å². The minimum absolute atomic E-state index is 0. The Bertz CT molecular complexity index is 3130. The van der Waals surface area contributed by atoms with Crippen molar-refractivity contribution in [3.8, 4) is 78.6 Å². The van der Waals surface area contributed by atoms with Gasteiger partial charge in [0.1, 0.15) is 11.6 Å². The van der Waals surface area contributed by atoms with Crippen LogP contribution in [0.25, 0.3) is 83.9 Å². The maximum atomic E-state index is 11.7. The summed E-state index contributed by atoms with van der Waals surface area (Å²) < 4.78 is 20.2. The number of aryl methyl sites for hydroxylation is 3. The van der Waals surface area contributed by atoms with Crippen LogP contribution in [0.4, 0.5) is 0 Å². The summed E-state index contributed by atoms with van der Waals surface area (Å²) in [6, 6.07) is 55.7. The summed E-state index contributed by atoms with van der Waals surface area (Å²) in [5.41, 5.74) is 17.5. The fraction of sp³-hybridized carbons (Fsp3) is 0.158. The van der Waals surface area contributed by atoms with Gasteiger partial charge in [0.15, 0.2) is 0 Å². The van der Waals surface area contributed by atoms with Crippen LogP contribution in [0.15, 0.2) is 158 Å². The Kier molecular flexibility index (Phi) is 11.3. The average molecular weight is 990 g/mol. The molecule has 9 rings (SSSR count). The van der Waals surface area contributed by atoms with Gasteiger partial charge in [-0.1, -0.05) is 159 Å². The van der Waals surface area contributed by atoms with Crippen LogP contribution < -0.4 is 0 Å². The van der Waals surface area contributed by atoms with Crippen LogP contribution >= 0.6 is 0 Å². The first-order chi connectivity index (χ1) is 30.1. The Balaban J connectivity index is 0.00000560. The van der Waals surface area contributed by atoms with Gasteiger partial charge in [0, 0.05) is 41.4 Å².